The van der Waals surface area contributed by atoms with E-state index in [1.54, 1.807) is 13.0 Å². The predicted octanol–water partition coefficient (Wildman–Crippen LogP) is 3.95. The summed E-state index contributed by atoms with van der Waals surface area (Å²) in [5.74, 6) is 0.390. The summed E-state index contributed by atoms with van der Waals surface area (Å²) in [4.78, 5) is 19.0. The van der Waals surface area contributed by atoms with Gasteiger partial charge >= 0.3 is 11.9 Å². The van der Waals surface area contributed by atoms with Crippen LogP contribution in [0, 0.1) is 6.57 Å². The summed E-state index contributed by atoms with van der Waals surface area (Å²) in [6.07, 6.45) is 3.80. The van der Waals surface area contributed by atoms with Gasteiger partial charge in [0.05, 0.1) is 19.4 Å². The number of nitrogens with zero attached hydrogens (tertiary/aromatic N) is 2. The molecule has 0 saturated heterocycles. The minimum atomic E-state index is -0.571. The van der Waals surface area contributed by atoms with Crippen LogP contribution in [-0.4, -0.2) is 17.6 Å². The first-order valence-corrected chi connectivity index (χ1v) is 6.87. The first-order chi connectivity index (χ1) is 10.2. The van der Waals surface area contributed by atoms with Crippen molar-refractivity contribution >= 4 is 11.7 Å². The first kappa shape index (κ1) is 13.4. The number of hydrogen-bond acceptors (Lipinski definition) is 4. The summed E-state index contributed by atoms with van der Waals surface area (Å²) in [7, 11) is 0. The molecule has 0 aliphatic heterocycles. The molecule has 1 aromatic heterocycles. The maximum atomic E-state index is 11.6. The molecule has 0 unspecified atom stereocenters. The van der Waals surface area contributed by atoms with Gasteiger partial charge in [-0.25, -0.2) is 14.6 Å². The van der Waals surface area contributed by atoms with E-state index in [9.17, 15) is 4.79 Å². The van der Waals surface area contributed by atoms with Crippen molar-refractivity contribution in [3.05, 3.63) is 47.3 Å². The number of rotatable bonds is 4. The molecule has 0 N–H and O–H groups in total. The Kier molecular flexibility index (Phi) is 3.44. The summed E-state index contributed by atoms with van der Waals surface area (Å²) in [6.45, 7) is 9.13. The van der Waals surface area contributed by atoms with Crippen LogP contribution in [0.3, 0.4) is 0 Å². The van der Waals surface area contributed by atoms with Gasteiger partial charge in [-0.15, -0.1) is 0 Å². The largest absolute Gasteiger partial charge is 0.459 e. The average Bonchev–Trinajstić information content (AvgIpc) is 3.23. The van der Waals surface area contributed by atoms with Crippen molar-refractivity contribution in [2.24, 2.45) is 0 Å². The molecule has 21 heavy (non-hydrogen) atoms. The molecule has 0 amide bonds. The Morgan fingerprint density at radius 2 is 2.33 bits per heavy atom. The number of ether oxygens (including phenoxy) is 1. The molecule has 0 spiro atoms. The fourth-order valence-electron chi connectivity index (χ4n) is 2.26. The molecule has 1 aliphatic carbocycles. The zero-order chi connectivity index (χ0) is 14.8. The normalized spacial score (nSPS) is 13.7. The van der Waals surface area contributed by atoms with E-state index in [1.165, 1.54) is 6.20 Å². The molecular weight excluding hydrogens is 268 g/mol. The number of benzene rings is 1. The van der Waals surface area contributed by atoms with Gasteiger partial charge in [0.1, 0.15) is 0 Å². The standard InChI is InChI=1S/C16H14N2O3/c1-3-20-16(19)15-18-9-14(21-15)13-8-11(17-2)6-7-12(13)10-4-5-10/h6-10H,3-5H2,1H3. The third kappa shape index (κ3) is 2.65. The summed E-state index contributed by atoms with van der Waals surface area (Å²) < 4.78 is 10.4. The summed E-state index contributed by atoms with van der Waals surface area (Å²) in [5.41, 5.74) is 2.53. The van der Waals surface area contributed by atoms with Crippen molar-refractivity contribution in [2.45, 2.75) is 25.7 Å². The summed E-state index contributed by atoms with van der Waals surface area (Å²) >= 11 is 0. The molecule has 3 rings (SSSR count). The second-order valence-electron chi connectivity index (χ2n) is 4.91. The fraction of sp³-hybridized carbons (Fsp3) is 0.312. The van der Waals surface area contributed by atoms with Crippen molar-refractivity contribution in [3.8, 4) is 11.3 Å². The van der Waals surface area contributed by atoms with Crippen LogP contribution in [0.2, 0.25) is 0 Å². The molecule has 1 saturated carbocycles. The number of oxazole rings is 1. The molecule has 5 heteroatoms. The van der Waals surface area contributed by atoms with Crippen LogP contribution in [0.1, 0.15) is 41.9 Å². The molecule has 1 aliphatic rings. The average molecular weight is 282 g/mol. The Balaban J connectivity index is 1.99. The highest BCUT2D eigenvalue weighted by Crippen LogP contribution is 2.45. The van der Waals surface area contributed by atoms with E-state index in [-0.39, 0.29) is 12.5 Å². The minimum Gasteiger partial charge on any atom is -0.459 e. The van der Waals surface area contributed by atoms with E-state index >= 15 is 0 Å². The van der Waals surface area contributed by atoms with E-state index in [2.05, 4.69) is 9.83 Å². The molecule has 1 fully saturated rings. The zero-order valence-electron chi connectivity index (χ0n) is 11.6. The highest BCUT2D eigenvalue weighted by molar-refractivity contribution is 5.85. The van der Waals surface area contributed by atoms with E-state index in [0.717, 1.165) is 24.0 Å². The van der Waals surface area contributed by atoms with Gasteiger partial charge in [0.25, 0.3) is 0 Å². The van der Waals surface area contributed by atoms with Crippen LogP contribution in [0.4, 0.5) is 5.69 Å². The second kappa shape index (κ2) is 5.41. The lowest BCUT2D eigenvalue weighted by atomic mass is 10.0. The molecule has 106 valence electrons. The maximum Gasteiger partial charge on any atom is 0.394 e. The van der Waals surface area contributed by atoms with Crippen LogP contribution < -0.4 is 0 Å². The van der Waals surface area contributed by atoms with Gasteiger partial charge in [-0.2, -0.15) is 0 Å². The maximum absolute atomic E-state index is 11.6. The van der Waals surface area contributed by atoms with Crippen molar-refractivity contribution in [1.82, 2.24) is 4.98 Å². The Hall–Kier alpha value is -2.61. The lowest BCUT2D eigenvalue weighted by Gasteiger charge is -2.06. The van der Waals surface area contributed by atoms with E-state index in [0.29, 0.717) is 17.4 Å². The van der Waals surface area contributed by atoms with Gasteiger partial charge in [0.2, 0.25) is 0 Å². The molecule has 1 aromatic carbocycles. The topological polar surface area (TPSA) is 56.7 Å². The van der Waals surface area contributed by atoms with Crippen molar-refractivity contribution < 1.29 is 13.9 Å². The number of carbonyl (C=O) groups is 1. The lowest BCUT2D eigenvalue weighted by Crippen LogP contribution is -2.04. The predicted molar refractivity (Wildman–Crippen MR) is 76.1 cm³/mol. The molecule has 0 bridgehead atoms. The van der Waals surface area contributed by atoms with Crippen LogP contribution in [0.15, 0.2) is 28.8 Å². The number of hydrogen-bond donors (Lipinski definition) is 0. The van der Waals surface area contributed by atoms with Crippen LogP contribution in [0.25, 0.3) is 16.2 Å². The molecule has 5 nitrogen and oxygen atoms in total. The molecular formula is C16H14N2O3. The van der Waals surface area contributed by atoms with E-state index in [1.807, 2.05) is 12.1 Å². The van der Waals surface area contributed by atoms with Crippen molar-refractivity contribution in [1.29, 1.82) is 0 Å². The van der Waals surface area contributed by atoms with Crippen molar-refractivity contribution in [2.75, 3.05) is 6.61 Å². The van der Waals surface area contributed by atoms with E-state index < -0.39 is 5.97 Å². The van der Waals surface area contributed by atoms with Gasteiger partial charge in [-0.05, 0) is 37.3 Å². The number of aromatic nitrogens is 1. The molecule has 2 aromatic rings. The van der Waals surface area contributed by atoms with Gasteiger partial charge in [0.15, 0.2) is 11.4 Å². The molecule has 0 atom stereocenters. The SMILES string of the molecule is [C-]#[N+]c1ccc(C2CC2)c(-c2cnc(C(=O)OCC)o2)c1. The lowest BCUT2D eigenvalue weighted by molar-refractivity contribution is 0.0482. The second-order valence-corrected chi connectivity index (χ2v) is 4.91. The van der Waals surface area contributed by atoms with Crippen LogP contribution in [0.5, 0.6) is 0 Å². The Labute approximate surface area is 122 Å². The first-order valence-electron chi connectivity index (χ1n) is 6.87. The monoisotopic (exact) mass is 282 g/mol. The quantitative estimate of drug-likeness (QED) is 0.629. The highest BCUT2D eigenvalue weighted by Gasteiger charge is 2.28. The fourth-order valence-corrected chi connectivity index (χ4v) is 2.26. The summed E-state index contributed by atoms with van der Waals surface area (Å²) in [6, 6.07) is 5.57. The van der Waals surface area contributed by atoms with Gasteiger partial charge < -0.3 is 9.15 Å². The van der Waals surface area contributed by atoms with Gasteiger partial charge in [0, 0.05) is 5.56 Å². The van der Waals surface area contributed by atoms with Gasteiger partial charge in [-0.3, -0.25) is 0 Å². The Bertz CT molecular complexity index is 723. The molecule has 1 heterocycles. The summed E-state index contributed by atoms with van der Waals surface area (Å²) in [5, 5.41) is 0. The minimum absolute atomic E-state index is 0.0539. The van der Waals surface area contributed by atoms with Gasteiger partial charge in [-0.1, -0.05) is 12.1 Å². The van der Waals surface area contributed by atoms with Crippen LogP contribution >= 0.6 is 0 Å². The Morgan fingerprint density at radius 3 is 3.00 bits per heavy atom. The Morgan fingerprint density at radius 1 is 1.52 bits per heavy atom. The third-order valence-corrected chi connectivity index (χ3v) is 3.40. The number of carbonyl (C=O) groups excluding carboxylic acids is 1. The third-order valence-electron chi connectivity index (χ3n) is 3.40. The van der Waals surface area contributed by atoms with Crippen molar-refractivity contribution in [3.63, 3.8) is 0 Å². The zero-order valence-corrected chi connectivity index (χ0v) is 11.6. The van der Waals surface area contributed by atoms with Crippen LogP contribution in [-0.2, 0) is 4.74 Å². The number of esters is 1. The smallest absolute Gasteiger partial charge is 0.394 e. The highest BCUT2D eigenvalue weighted by atomic mass is 16.5. The van der Waals surface area contributed by atoms with E-state index in [4.69, 9.17) is 15.7 Å². The molecule has 0 radical (unpaired) electrons.